The molecule has 13 heavy (non-hydrogen) atoms. The van der Waals surface area contributed by atoms with E-state index in [1.807, 2.05) is 0 Å². The topological polar surface area (TPSA) is 69.1 Å². The Kier molecular flexibility index (Phi) is 2.97. The van der Waals surface area contributed by atoms with Crippen LogP contribution in [0, 0.1) is 5.82 Å². The summed E-state index contributed by atoms with van der Waals surface area (Å²) in [5, 5.41) is 0. The van der Waals surface area contributed by atoms with E-state index in [-0.39, 0.29) is 12.2 Å². The van der Waals surface area contributed by atoms with Crippen LogP contribution in [0.2, 0.25) is 0 Å². The maximum atomic E-state index is 12.7. The second-order valence-electron chi connectivity index (χ2n) is 2.83. The van der Waals surface area contributed by atoms with Crippen LogP contribution >= 0.6 is 0 Å². The van der Waals surface area contributed by atoms with E-state index in [1.165, 1.54) is 12.1 Å². The second kappa shape index (κ2) is 4.00. The van der Waals surface area contributed by atoms with Crippen LogP contribution in [0.1, 0.15) is 18.0 Å². The lowest BCUT2D eigenvalue weighted by Gasteiger charge is -2.08. The van der Waals surface area contributed by atoms with Crippen LogP contribution in [0.4, 0.5) is 4.39 Å². The third-order valence-electron chi connectivity index (χ3n) is 1.70. The lowest BCUT2D eigenvalue weighted by molar-refractivity contribution is -0.118. The molecule has 0 spiro atoms. The van der Waals surface area contributed by atoms with E-state index < -0.39 is 11.9 Å². The smallest absolute Gasteiger partial charge is 0.219 e. The van der Waals surface area contributed by atoms with Crippen LogP contribution in [-0.2, 0) is 4.79 Å². The zero-order valence-corrected chi connectivity index (χ0v) is 7.03. The molecule has 0 aliphatic carbocycles. The van der Waals surface area contributed by atoms with E-state index in [9.17, 15) is 9.18 Å². The highest BCUT2D eigenvalue weighted by Crippen LogP contribution is 2.14. The molecule has 0 heterocycles. The predicted octanol–water partition coefficient (Wildman–Crippen LogP) is 0.701. The summed E-state index contributed by atoms with van der Waals surface area (Å²) in [5.41, 5.74) is 11.1. The molecule has 0 saturated carbocycles. The first-order valence-electron chi connectivity index (χ1n) is 3.89. The van der Waals surface area contributed by atoms with Gasteiger partial charge in [-0.05, 0) is 17.7 Å². The van der Waals surface area contributed by atoms with Crippen LogP contribution in [0.5, 0.6) is 0 Å². The van der Waals surface area contributed by atoms with Crippen molar-refractivity contribution in [3.8, 4) is 0 Å². The van der Waals surface area contributed by atoms with Gasteiger partial charge in [0.2, 0.25) is 5.91 Å². The van der Waals surface area contributed by atoms with Gasteiger partial charge in [-0.2, -0.15) is 0 Å². The van der Waals surface area contributed by atoms with Gasteiger partial charge in [-0.1, -0.05) is 12.1 Å². The minimum atomic E-state index is -0.520. The van der Waals surface area contributed by atoms with Gasteiger partial charge in [0.15, 0.2) is 0 Å². The van der Waals surface area contributed by atoms with Crippen LogP contribution in [0.3, 0.4) is 0 Å². The average molecular weight is 182 g/mol. The van der Waals surface area contributed by atoms with E-state index in [0.29, 0.717) is 5.56 Å². The Balaban J connectivity index is 2.76. The van der Waals surface area contributed by atoms with E-state index in [1.54, 1.807) is 12.1 Å². The fraction of sp³-hybridized carbons (Fsp3) is 0.222. The van der Waals surface area contributed by atoms with E-state index in [4.69, 9.17) is 11.5 Å². The Hall–Kier alpha value is -1.42. The molecule has 0 saturated heterocycles. The highest BCUT2D eigenvalue weighted by Gasteiger charge is 2.09. The average Bonchev–Trinajstić information content (AvgIpc) is 2.03. The van der Waals surface area contributed by atoms with Gasteiger partial charge < -0.3 is 11.5 Å². The van der Waals surface area contributed by atoms with E-state index in [0.717, 1.165) is 0 Å². The van der Waals surface area contributed by atoms with Crippen molar-refractivity contribution >= 4 is 5.91 Å². The van der Waals surface area contributed by atoms with Crippen molar-refractivity contribution < 1.29 is 9.18 Å². The molecule has 0 radical (unpaired) electrons. The number of nitrogens with two attached hydrogens (primary N) is 2. The Morgan fingerprint density at radius 2 is 2.23 bits per heavy atom. The molecule has 70 valence electrons. The number of benzene rings is 1. The molecule has 0 aliphatic rings. The van der Waals surface area contributed by atoms with Crippen LogP contribution in [0.25, 0.3) is 0 Å². The molecule has 1 aromatic carbocycles. The van der Waals surface area contributed by atoms with Gasteiger partial charge in [-0.15, -0.1) is 0 Å². The SMILES string of the molecule is NC(=O)C[C@H](N)c1cccc(F)c1. The van der Waals surface area contributed by atoms with Crippen molar-refractivity contribution in [3.05, 3.63) is 35.6 Å². The van der Waals surface area contributed by atoms with E-state index >= 15 is 0 Å². The number of halogens is 1. The summed E-state index contributed by atoms with van der Waals surface area (Å²) < 4.78 is 12.7. The summed E-state index contributed by atoms with van der Waals surface area (Å²) in [7, 11) is 0. The maximum absolute atomic E-state index is 12.7. The third-order valence-corrected chi connectivity index (χ3v) is 1.70. The summed E-state index contributed by atoms with van der Waals surface area (Å²) in [4.78, 5) is 10.5. The van der Waals surface area contributed by atoms with Gasteiger partial charge in [0.05, 0.1) is 0 Å². The van der Waals surface area contributed by atoms with Crippen molar-refractivity contribution in [2.24, 2.45) is 11.5 Å². The van der Waals surface area contributed by atoms with Crippen molar-refractivity contribution in [3.63, 3.8) is 0 Å². The molecule has 0 unspecified atom stereocenters. The Bertz CT molecular complexity index is 314. The Labute approximate surface area is 75.5 Å². The van der Waals surface area contributed by atoms with Gasteiger partial charge in [0.1, 0.15) is 5.82 Å². The predicted molar refractivity (Wildman–Crippen MR) is 47.1 cm³/mol. The highest BCUT2D eigenvalue weighted by atomic mass is 19.1. The molecule has 1 rings (SSSR count). The standard InChI is InChI=1S/C9H11FN2O/c10-7-3-1-2-6(4-7)8(11)5-9(12)13/h1-4,8H,5,11H2,(H2,12,13)/t8-/m0/s1. The number of hydrogen-bond donors (Lipinski definition) is 2. The Morgan fingerprint density at radius 1 is 1.54 bits per heavy atom. The van der Waals surface area contributed by atoms with E-state index in [2.05, 4.69) is 0 Å². The summed E-state index contributed by atoms with van der Waals surface area (Å²) in [6.45, 7) is 0. The fourth-order valence-corrected chi connectivity index (χ4v) is 1.07. The molecule has 4 heteroatoms. The summed E-state index contributed by atoms with van der Waals surface area (Å²) in [6, 6.07) is 5.31. The molecule has 1 amide bonds. The largest absolute Gasteiger partial charge is 0.370 e. The minimum absolute atomic E-state index is 0.0312. The summed E-state index contributed by atoms with van der Waals surface area (Å²) >= 11 is 0. The molecular weight excluding hydrogens is 171 g/mol. The number of hydrogen-bond acceptors (Lipinski definition) is 2. The first-order chi connectivity index (χ1) is 6.09. The van der Waals surface area contributed by atoms with Gasteiger partial charge in [0.25, 0.3) is 0 Å². The number of amides is 1. The third kappa shape index (κ3) is 2.83. The summed E-state index contributed by atoms with van der Waals surface area (Å²) in [5.74, 6) is -0.853. The van der Waals surface area contributed by atoms with Crippen molar-refractivity contribution in [1.82, 2.24) is 0 Å². The zero-order chi connectivity index (χ0) is 9.84. The molecule has 0 fully saturated rings. The van der Waals surface area contributed by atoms with Gasteiger partial charge in [0, 0.05) is 12.5 Å². The van der Waals surface area contributed by atoms with Crippen LogP contribution in [-0.4, -0.2) is 5.91 Å². The zero-order valence-electron chi connectivity index (χ0n) is 7.03. The molecule has 0 bridgehead atoms. The normalized spacial score (nSPS) is 12.5. The Morgan fingerprint density at radius 3 is 2.77 bits per heavy atom. The fourth-order valence-electron chi connectivity index (χ4n) is 1.07. The lowest BCUT2D eigenvalue weighted by Crippen LogP contribution is -2.20. The lowest BCUT2D eigenvalue weighted by atomic mass is 10.0. The molecular formula is C9H11FN2O. The minimum Gasteiger partial charge on any atom is -0.370 e. The molecule has 3 nitrogen and oxygen atoms in total. The highest BCUT2D eigenvalue weighted by molar-refractivity contribution is 5.74. The molecule has 0 aromatic heterocycles. The number of rotatable bonds is 3. The first kappa shape index (κ1) is 9.67. The van der Waals surface area contributed by atoms with Crippen LogP contribution in [0.15, 0.2) is 24.3 Å². The van der Waals surface area contributed by atoms with Crippen molar-refractivity contribution in [1.29, 1.82) is 0 Å². The van der Waals surface area contributed by atoms with Crippen molar-refractivity contribution in [2.45, 2.75) is 12.5 Å². The second-order valence-corrected chi connectivity index (χ2v) is 2.83. The summed E-state index contributed by atoms with van der Waals surface area (Å²) in [6.07, 6.45) is 0.0312. The monoisotopic (exact) mass is 182 g/mol. The first-order valence-corrected chi connectivity index (χ1v) is 3.89. The van der Waals surface area contributed by atoms with Gasteiger partial charge >= 0.3 is 0 Å². The van der Waals surface area contributed by atoms with Crippen LogP contribution < -0.4 is 11.5 Å². The molecule has 0 aliphatic heterocycles. The van der Waals surface area contributed by atoms with Gasteiger partial charge in [-0.3, -0.25) is 4.79 Å². The quantitative estimate of drug-likeness (QED) is 0.722. The molecule has 1 aromatic rings. The molecule has 4 N–H and O–H groups in total. The maximum Gasteiger partial charge on any atom is 0.219 e. The molecule has 1 atom stereocenters. The number of carbonyl (C=O) groups excluding carboxylic acids is 1. The number of carbonyl (C=O) groups is 1. The van der Waals surface area contributed by atoms with Gasteiger partial charge in [-0.25, -0.2) is 4.39 Å². The van der Waals surface area contributed by atoms with Crippen molar-refractivity contribution in [2.75, 3.05) is 0 Å². The number of primary amides is 1.